The van der Waals surface area contributed by atoms with Crippen molar-refractivity contribution in [1.82, 2.24) is 19.9 Å². The molecule has 2 aromatic carbocycles. The van der Waals surface area contributed by atoms with Gasteiger partial charge in [0.25, 0.3) is 0 Å². The highest BCUT2D eigenvalue weighted by atomic mass is 127. The summed E-state index contributed by atoms with van der Waals surface area (Å²) in [6.07, 6.45) is -0.888. The molecule has 0 fully saturated rings. The molecule has 31 heavy (non-hydrogen) atoms. The van der Waals surface area contributed by atoms with Crippen LogP contribution in [0.3, 0.4) is 0 Å². The van der Waals surface area contributed by atoms with Gasteiger partial charge in [0, 0.05) is 26.9 Å². The predicted octanol–water partition coefficient (Wildman–Crippen LogP) is 6.02. The van der Waals surface area contributed by atoms with Crippen LogP contribution >= 0.6 is 22.6 Å². The van der Waals surface area contributed by atoms with Gasteiger partial charge < -0.3 is 5.32 Å². The monoisotopic (exact) mass is 539 g/mol. The molecular formula is C21H14F4IN5. The third-order valence-electron chi connectivity index (χ3n) is 4.65. The highest BCUT2D eigenvalue weighted by Crippen LogP contribution is 2.32. The van der Waals surface area contributed by atoms with Crippen LogP contribution in [0.25, 0.3) is 22.0 Å². The highest BCUT2D eigenvalue weighted by Gasteiger charge is 2.34. The van der Waals surface area contributed by atoms with Gasteiger partial charge in [0.15, 0.2) is 0 Å². The molecule has 0 bridgehead atoms. The van der Waals surface area contributed by atoms with Crippen LogP contribution < -0.4 is 5.32 Å². The molecule has 158 valence electrons. The molecule has 0 amide bonds. The average Bonchev–Trinajstić information content (AvgIpc) is 2.74. The lowest BCUT2D eigenvalue weighted by molar-refractivity contribution is -0.145. The summed E-state index contributed by atoms with van der Waals surface area (Å²) in [6.45, 7) is 1.77. The largest absolute Gasteiger partial charge is 0.451 e. The molecule has 1 atom stereocenters. The summed E-state index contributed by atoms with van der Waals surface area (Å²) in [5.74, 6) is -0.994. The molecule has 4 aromatic rings. The van der Waals surface area contributed by atoms with Crippen LogP contribution in [0.1, 0.15) is 24.4 Å². The first-order valence-electron chi connectivity index (χ1n) is 9.08. The van der Waals surface area contributed by atoms with Crippen molar-refractivity contribution in [2.75, 3.05) is 5.32 Å². The molecule has 2 aromatic heterocycles. The zero-order chi connectivity index (χ0) is 22.2. The normalized spacial score (nSPS) is 12.7. The third kappa shape index (κ3) is 4.58. The van der Waals surface area contributed by atoms with E-state index in [4.69, 9.17) is 0 Å². The van der Waals surface area contributed by atoms with Crippen molar-refractivity contribution < 1.29 is 17.6 Å². The lowest BCUT2D eigenvalue weighted by Gasteiger charge is -2.17. The van der Waals surface area contributed by atoms with E-state index in [9.17, 15) is 17.6 Å². The van der Waals surface area contributed by atoms with Gasteiger partial charge in [-0.15, -0.1) is 0 Å². The summed E-state index contributed by atoms with van der Waals surface area (Å²) in [7, 11) is 0. The Balaban J connectivity index is 1.69. The first kappa shape index (κ1) is 21.3. The molecule has 10 heteroatoms. The zero-order valence-electron chi connectivity index (χ0n) is 16.0. The zero-order valence-corrected chi connectivity index (χ0v) is 18.1. The molecular weight excluding hydrogens is 525 g/mol. The summed E-state index contributed by atoms with van der Waals surface area (Å²) in [5.41, 5.74) is 2.89. The topological polar surface area (TPSA) is 63.6 Å². The molecule has 0 spiro atoms. The number of aromatic nitrogens is 4. The van der Waals surface area contributed by atoms with E-state index in [2.05, 4.69) is 47.8 Å². The molecule has 0 aliphatic heterocycles. The van der Waals surface area contributed by atoms with Gasteiger partial charge in [-0.05, 0) is 64.9 Å². The van der Waals surface area contributed by atoms with Crippen LogP contribution in [0.2, 0.25) is 0 Å². The molecule has 0 unspecified atom stereocenters. The van der Waals surface area contributed by atoms with Crippen molar-refractivity contribution >= 4 is 39.3 Å². The molecule has 5 nitrogen and oxygen atoms in total. The summed E-state index contributed by atoms with van der Waals surface area (Å²) >= 11 is 2.17. The second-order valence-electron chi connectivity index (χ2n) is 6.79. The van der Waals surface area contributed by atoms with Crippen molar-refractivity contribution in [3.05, 3.63) is 75.9 Å². The van der Waals surface area contributed by atoms with Crippen LogP contribution in [0.4, 0.5) is 23.4 Å². The molecule has 2 heterocycles. The first-order valence-corrected chi connectivity index (χ1v) is 10.2. The van der Waals surface area contributed by atoms with Gasteiger partial charge in [-0.3, -0.25) is 0 Å². The smallest absolute Gasteiger partial charge is 0.363 e. The van der Waals surface area contributed by atoms with E-state index >= 15 is 0 Å². The minimum absolute atomic E-state index is 0.322. The van der Waals surface area contributed by atoms with Crippen molar-refractivity contribution in [2.24, 2.45) is 0 Å². The quantitative estimate of drug-likeness (QED) is 0.254. The molecule has 0 saturated heterocycles. The van der Waals surface area contributed by atoms with Gasteiger partial charge in [-0.2, -0.15) is 13.2 Å². The Bertz CT molecular complexity index is 1230. The van der Waals surface area contributed by atoms with Crippen molar-refractivity contribution in [1.29, 1.82) is 0 Å². The summed E-state index contributed by atoms with van der Waals surface area (Å²) < 4.78 is 52.3. The van der Waals surface area contributed by atoms with E-state index in [1.54, 1.807) is 19.1 Å². The summed E-state index contributed by atoms with van der Waals surface area (Å²) in [6, 6.07) is 9.58. The van der Waals surface area contributed by atoms with E-state index in [1.807, 2.05) is 12.1 Å². The third-order valence-corrected chi connectivity index (χ3v) is 5.47. The minimum atomic E-state index is -4.59. The van der Waals surface area contributed by atoms with Crippen molar-refractivity contribution in [3.8, 4) is 11.1 Å². The van der Waals surface area contributed by atoms with E-state index in [0.717, 1.165) is 38.0 Å². The number of nitrogens with zero attached hydrogens (tertiary/aromatic N) is 4. The second-order valence-corrected chi connectivity index (χ2v) is 7.95. The standard InChI is InChI=1S/C21H14F4IN5/c1-11(14-8-27-20(28-9-14)21(23,24)25)31-19-16-6-13(12-2-4-15(22)5-3-12)7-17(26)18(16)29-10-30-19/h2-11H,1H3,(H,29,30,31)/t11-/m1/s1. The van der Waals surface area contributed by atoms with Crippen LogP contribution in [0, 0.1) is 9.39 Å². The Hall–Kier alpha value is -2.89. The van der Waals surface area contributed by atoms with Crippen LogP contribution in [0.15, 0.2) is 55.1 Å². The average molecular weight is 539 g/mol. The fourth-order valence-electron chi connectivity index (χ4n) is 3.05. The van der Waals surface area contributed by atoms with Crippen LogP contribution in [-0.2, 0) is 6.18 Å². The fourth-order valence-corrected chi connectivity index (χ4v) is 3.81. The van der Waals surface area contributed by atoms with Gasteiger partial charge in [0.1, 0.15) is 18.0 Å². The number of fused-ring (bicyclic) bond motifs is 1. The number of nitrogens with one attached hydrogen (secondary N) is 1. The van der Waals surface area contributed by atoms with E-state index in [1.165, 1.54) is 18.5 Å². The lowest BCUT2D eigenvalue weighted by atomic mass is 10.0. The molecule has 0 saturated carbocycles. The Morgan fingerprint density at radius 3 is 2.26 bits per heavy atom. The van der Waals surface area contributed by atoms with Gasteiger partial charge in [0.2, 0.25) is 5.82 Å². The van der Waals surface area contributed by atoms with E-state index in [-0.39, 0.29) is 5.82 Å². The van der Waals surface area contributed by atoms with E-state index < -0.39 is 18.0 Å². The number of hydrogen-bond donors (Lipinski definition) is 1. The Morgan fingerprint density at radius 2 is 1.61 bits per heavy atom. The molecule has 0 radical (unpaired) electrons. The Kier molecular flexibility index (Phi) is 5.73. The lowest BCUT2D eigenvalue weighted by Crippen LogP contribution is -2.14. The first-order chi connectivity index (χ1) is 14.7. The number of alkyl halides is 3. The maximum absolute atomic E-state index is 13.3. The maximum Gasteiger partial charge on any atom is 0.451 e. The number of rotatable bonds is 4. The van der Waals surface area contributed by atoms with Crippen LogP contribution in [0.5, 0.6) is 0 Å². The van der Waals surface area contributed by atoms with Gasteiger partial charge in [0.05, 0.1) is 11.6 Å². The second kappa shape index (κ2) is 8.33. The van der Waals surface area contributed by atoms with E-state index in [0.29, 0.717) is 11.4 Å². The van der Waals surface area contributed by atoms with Gasteiger partial charge >= 0.3 is 6.18 Å². The number of benzene rings is 2. The molecule has 0 aliphatic carbocycles. The Labute approximate surface area is 188 Å². The highest BCUT2D eigenvalue weighted by molar-refractivity contribution is 14.1. The van der Waals surface area contributed by atoms with Crippen molar-refractivity contribution in [3.63, 3.8) is 0 Å². The maximum atomic E-state index is 13.3. The number of halogens is 5. The summed E-state index contributed by atoms with van der Waals surface area (Å²) in [4.78, 5) is 15.5. The number of anilines is 1. The number of hydrogen-bond acceptors (Lipinski definition) is 5. The van der Waals surface area contributed by atoms with Crippen LogP contribution in [-0.4, -0.2) is 19.9 Å². The fraction of sp³-hybridized carbons (Fsp3) is 0.143. The molecule has 0 aliphatic rings. The SMILES string of the molecule is C[C@@H](Nc1ncnc2c(I)cc(-c3ccc(F)cc3)cc12)c1cnc(C(F)(F)F)nc1. The minimum Gasteiger partial charge on any atom is -0.363 e. The van der Waals surface area contributed by atoms with Gasteiger partial charge in [-0.25, -0.2) is 24.3 Å². The van der Waals surface area contributed by atoms with Crippen molar-refractivity contribution in [2.45, 2.75) is 19.1 Å². The van der Waals surface area contributed by atoms with Gasteiger partial charge in [-0.1, -0.05) is 12.1 Å². The predicted molar refractivity (Wildman–Crippen MR) is 117 cm³/mol. The molecule has 1 N–H and O–H groups in total. The summed E-state index contributed by atoms with van der Waals surface area (Å²) in [5, 5.41) is 3.93. The molecule has 4 rings (SSSR count). The Morgan fingerprint density at radius 1 is 0.935 bits per heavy atom.